The molecule has 0 aliphatic heterocycles. The first-order valence-electron chi connectivity index (χ1n) is 15.1. The van der Waals surface area contributed by atoms with Gasteiger partial charge in [-0.15, -0.1) is 0 Å². The molecular weight excluding hydrogens is 460 g/mol. The summed E-state index contributed by atoms with van der Waals surface area (Å²) in [5.41, 5.74) is 2.15. The van der Waals surface area contributed by atoms with Crippen LogP contribution in [0.25, 0.3) is 0 Å². The lowest BCUT2D eigenvalue weighted by Gasteiger charge is -2.72. The van der Waals surface area contributed by atoms with Gasteiger partial charge in [-0.2, -0.15) is 0 Å². The molecule has 4 heteroatoms. The first kappa shape index (κ1) is 27.0. The topological polar surface area (TPSA) is 56.5 Å². The van der Waals surface area contributed by atoms with Crippen LogP contribution in [-0.2, 0) is 9.53 Å². The lowest BCUT2D eigenvalue weighted by Crippen LogP contribution is -2.65. The van der Waals surface area contributed by atoms with Gasteiger partial charge in [-0.05, 0) is 121 Å². The van der Waals surface area contributed by atoms with Crippen molar-refractivity contribution in [3.63, 3.8) is 0 Å². The van der Waals surface area contributed by atoms with Gasteiger partial charge in [0.1, 0.15) is 6.10 Å². The standard InChI is InChI=1S/C33H50O4/c1-22(2)8-10-28(35)37-24-12-15-31(5)26-14-16-30(4)25(23-9-11-27(34)36-21-23)13-17-33(30,7)32(26,6)19-18-29(31,3)20-24/h9,11,21-22,24-26H,8,10,12-20H2,1-7H3/t24-,25+,26+,29+,30+,31+,32+,33-/m0/s1. The summed E-state index contributed by atoms with van der Waals surface area (Å²) in [6.07, 6.45) is 13.8. The van der Waals surface area contributed by atoms with Crippen LogP contribution in [0.4, 0.5) is 0 Å². The number of rotatable bonds is 5. The molecule has 0 unspecified atom stereocenters. The van der Waals surface area contributed by atoms with E-state index in [9.17, 15) is 9.59 Å². The predicted octanol–water partition coefficient (Wildman–Crippen LogP) is 8.28. The zero-order valence-electron chi connectivity index (χ0n) is 24.5. The fraction of sp³-hybridized carbons (Fsp3) is 0.818. The van der Waals surface area contributed by atoms with E-state index in [0.29, 0.717) is 24.2 Å². The highest BCUT2D eigenvalue weighted by Crippen LogP contribution is 2.80. The van der Waals surface area contributed by atoms with Crippen molar-refractivity contribution in [3.05, 3.63) is 34.4 Å². The SMILES string of the molecule is CC(C)CCC(=O)O[C@H]1CC[C@]2(C)[C@H]3CC[C@]4(C)[C@@H](c5ccc(=O)oc5)CC[C@]4(C)[C@]3(C)CC[C@]2(C)C1. The molecule has 0 N–H and O–H groups in total. The number of carbonyl (C=O) groups excluding carboxylic acids is 1. The van der Waals surface area contributed by atoms with Gasteiger partial charge in [0.15, 0.2) is 0 Å². The molecule has 0 bridgehead atoms. The normalized spacial score (nSPS) is 45.1. The molecule has 1 heterocycles. The Balaban J connectivity index is 1.38. The Hall–Kier alpha value is -1.58. The van der Waals surface area contributed by atoms with Crippen LogP contribution >= 0.6 is 0 Å². The average molecular weight is 511 g/mol. The molecule has 0 aromatic carbocycles. The van der Waals surface area contributed by atoms with Gasteiger partial charge in [0, 0.05) is 12.5 Å². The van der Waals surface area contributed by atoms with Crippen LogP contribution < -0.4 is 5.63 Å². The van der Waals surface area contributed by atoms with Gasteiger partial charge in [0.2, 0.25) is 0 Å². The van der Waals surface area contributed by atoms with Crippen LogP contribution in [0.3, 0.4) is 0 Å². The van der Waals surface area contributed by atoms with Gasteiger partial charge in [-0.3, -0.25) is 4.79 Å². The van der Waals surface area contributed by atoms with Crippen LogP contribution in [0.15, 0.2) is 27.6 Å². The molecule has 1 aromatic heterocycles. The molecule has 4 fully saturated rings. The zero-order valence-corrected chi connectivity index (χ0v) is 24.5. The quantitative estimate of drug-likeness (QED) is 0.374. The van der Waals surface area contributed by atoms with Crippen molar-refractivity contribution in [2.45, 2.75) is 131 Å². The maximum absolute atomic E-state index is 12.6. The molecule has 4 saturated carbocycles. The fourth-order valence-electron chi connectivity index (χ4n) is 10.4. The average Bonchev–Trinajstić information content (AvgIpc) is 3.12. The number of ether oxygens (including phenoxy) is 1. The van der Waals surface area contributed by atoms with Gasteiger partial charge in [-0.1, -0.05) is 48.5 Å². The van der Waals surface area contributed by atoms with Gasteiger partial charge in [0.05, 0.1) is 6.26 Å². The summed E-state index contributed by atoms with van der Waals surface area (Å²) in [6.45, 7) is 17.2. The number of hydrogen-bond donors (Lipinski definition) is 0. The smallest absolute Gasteiger partial charge is 0.335 e. The third-order valence-corrected chi connectivity index (χ3v) is 13.3. The van der Waals surface area contributed by atoms with Gasteiger partial charge in [0.25, 0.3) is 0 Å². The van der Waals surface area contributed by atoms with Gasteiger partial charge >= 0.3 is 11.6 Å². The van der Waals surface area contributed by atoms with Crippen molar-refractivity contribution >= 4 is 5.97 Å². The summed E-state index contributed by atoms with van der Waals surface area (Å²) >= 11 is 0. The molecule has 0 saturated heterocycles. The number of esters is 1. The maximum atomic E-state index is 12.6. The largest absolute Gasteiger partial charge is 0.462 e. The third kappa shape index (κ3) is 3.89. The predicted molar refractivity (Wildman–Crippen MR) is 147 cm³/mol. The molecule has 8 atom stereocenters. The fourth-order valence-corrected chi connectivity index (χ4v) is 10.4. The highest BCUT2D eigenvalue weighted by atomic mass is 16.5. The molecule has 206 valence electrons. The van der Waals surface area contributed by atoms with Crippen LogP contribution in [-0.4, -0.2) is 12.1 Å². The second-order valence-electron chi connectivity index (χ2n) is 15.0. The van der Waals surface area contributed by atoms with E-state index in [1.165, 1.54) is 44.1 Å². The summed E-state index contributed by atoms with van der Waals surface area (Å²) in [4.78, 5) is 24.2. The Morgan fingerprint density at radius 2 is 1.68 bits per heavy atom. The third-order valence-electron chi connectivity index (χ3n) is 13.3. The van der Waals surface area contributed by atoms with E-state index in [1.807, 2.05) is 6.07 Å². The van der Waals surface area contributed by atoms with Crippen LogP contribution in [0, 0.1) is 38.9 Å². The number of carbonyl (C=O) groups is 1. The van der Waals surface area contributed by atoms with E-state index < -0.39 is 0 Å². The molecule has 4 nitrogen and oxygen atoms in total. The van der Waals surface area contributed by atoms with E-state index in [1.54, 1.807) is 12.3 Å². The molecular formula is C33H50O4. The minimum Gasteiger partial charge on any atom is -0.462 e. The Labute approximate surface area is 224 Å². The molecule has 4 aliphatic carbocycles. The Morgan fingerprint density at radius 1 is 0.946 bits per heavy atom. The first-order valence-corrected chi connectivity index (χ1v) is 15.1. The van der Waals surface area contributed by atoms with E-state index >= 15 is 0 Å². The van der Waals surface area contributed by atoms with Crippen molar-refractivity contribution in [2.24, 2.45) is 38.9 Å². The van der Waals surface area contributed by atoms with E-state index in [2.05, 4.69) is 48.5 Å². The molecule has 4 aliphatic rings. The second-order valence-corrected chi connectivity index (χ2v) is 15.0. The highest BCUT2D eigenvalue weighted by Gasteiger charge is 2.72. The Morgan fingerprint density at radius 3 is 2.35 bits per heavy atom. The van der Waals surface area contributed by atoms with Crippen LogP contribution in [0.5, 0.6) is 0 Å². The minimum atomic E-state index is -0.258. The maximum Gasteiger partial charge on any atom is 0.335 e. The summed E-state index contributed by atoms with van der Waals surface area (Å²) in [6, 6.07) is 3.62. The molecule has 0 amide bonds. The summed E-state index contributed by atoms with van der Waals surface area (Å²) < 4.78 is 11.4. The van der Waals surface area contributed by atoms with Crippen molar-refractivity contribution in [1.82, 2.24) is 0 Å². The van der Waals surface area contributed by atoms with E-state index in [4.69, 9.17) is 9.15 Å². The second kappa shape index (κ2) is 8.98. The lowest BCUT2D eigenvalue weighted by molar-refractivity contribution is -0.239. The zero-order chi connectivity index (χ0) is 26.9. The minimum absolute atomic E-state index is 0.00115. The molecule has 0 radical (unpaired) electrons. The van der Waals surface area contributed by atoms with Crippen LogP contribution in [0.1, 0.15) is 131 Å². The monoisotopic (exact) mass is 510 g/mol. The Bertz CT molecular complexity index is 1070. The van der Waals surface area contributed by atoms with Crippen LogP contribution in [0.2, 0.25) is 0 Å². The number of fused-ring (bicyclic) bond motifs is 5. The molecule has 5 rings (SSSR count). The highest BCUT2D eigenvalue weighted by molar-refractivity contribution is 5.69. The van der Waals surface area contributed by atoms with Gasteiger partial charge < -0.3 is 9.15 Å². The van der Waals surface area contributed by atoms with Crippen molar-refractivity contribution in [2.75, 3.05) is 0 Å². The summed E-state index contributed by atoms with van der Waals surface area (Å²) in [7, 11) is 0. The van der Waals surface area contributed by atoms with Gasteiger partial charge in [-0.25, -0.2) is 4.79 Å². The Kier molecular flexibility index (Phi) is 6.56. The molecule has 0 spiro atoms. The molecule has 1 aromatic rings. The first-order chi connectivity index (χ1) is 17.3. The van der Waals surface area contributed by atoms with E-state index in [0.717, 1.165) is 25.7 Å². The van der Waals surface area contributed by atoms with Crippen molar-refractivity contribution < 1.29 is 13.9 Å². The summed E-state index contributed by atoms with van der Waals surface area (Å²) in [5.74, 6) is 1.66. The summed E-state index contributed by atoms with van der Waals surface area (Å²) in [5, 5.41) is 0. The lowest BCUT2D eigenvalue weighted by atomic mass is 9.32. The van der Waals surface area contributed by atoms with Crippen molar-refractivity contribution in [1.29, 1.82) is 0 Å². The van der Waals surface area contributed by atoms with Crippen molar-refractivity contribution in [3.8, 4) is 0 Å². The molecule has 37 heavy (non-hydrogen) atoms. The van der Waals surface area contributed by atoms with E-state index in [-0.39, 0.29) is 44.8 Å². The number of hydrogen-bond acceptors (Lipinski definition) is 4.